The number of benzene rings is 2. The second-order valence-corrected chi connectivity index (χ2v) is 10.1. The number of halogens is 2. The van der Waals surface area contributed by atoms with E-state index >= 15 is 0 Å². The minimum atomic E-state index is -0.736. The normalized spacial score (nSPS) is 15.5. The molecule has 0 bridgehead atoms. The molecule has 0 spiro atoms. The molecule has 2 aromatic carbocycles. The zero-order chi connectivity index (χ0) is 24.2. The molecule has 3 aromatic rings. The van der Waals surface area contributed by atoms with Crippen LogP contribution in [0.25, 0.3) is 10.9 Å². The van der Waals surface area contributed by atoms with Gasteiger partial charge in [-0.15, -0.1) is 0 Å². The third-order valence-corrected chi connectivity index (χ3v) is 7.03. The lowest BCUT2D eigenvalue weighted by Gasteiger charge is -2.22. The summed E-state index contributed by atoms with van der Waals surface area (Å²) in [6, 6.07) is 10.9. The van der Waals surface area contributed by atoms with E-state index in [1.165, 1.54) is 18.2 Å². The smallest absolute Gasteiger partial charge is 0.346 e. The van der Waals surface area contributed by atoms with Crippen LogP contribution in [-0.4, -0.2) is 35.1 Å². The van der Waals surface area contributed by atoms with Crippen molar-refractivity contribution >= 4 is 54.9 Å². The molecule has 1 aliphatic carbocycles. The molecule has 34 heavy (non-hydrogen) atoms. The summed E-state index contributed by atoms with van der Waals surface area (Å²) in [4.78, 5) is 29.9. The highest BCUT2D eigenvalue weighted by atomic mass is 79.9. The summed E-state index contributed by atoms with van der Waals surface area (Å²) in [5, 5.41) is 5.09. The Morgan fingerprint density at radius 2 is 1.94 bits per heavy atom. The minimum absolute atomic E-state index is 0.186. The third kappa shape index (κ3) is 5.41. The van der Waals surface area contributed by atoms with E-state index in [0.717, 1.165) is 35.7 Å². The van der Waals surface area contributed by atoms with Gasteiger partial charge >= 0.3 is 5.97 Å². The van der Waals surface area contributed by atoms with Crippen LogP contribution in [0.1, 0.15) is 56.3 Å². The summed E-state index contributed by atoms with van der Waals surface area (Å²) in [7, 11) is 1.32. The van der Waals surface area contributed by atoms with Gasteiger partial charge in [0.25, 0.3) is 5.56 Å². The van der Waals surface area contributed by atoms with E-state index in [0.29, 0.717) is 26.9 Å². The van der Waals surface area contributed by atoms with Gasteiger partial charge in [0.15, 0.2) is 6.10 Å². The molecular weight excluding hydrogens is 566 g/mol. The van der Waals surface area contributed by atoms with Crippen LogP contribution in [0.5, 0.6) is 5.75 Å². The fourth-order valence-corrected chi connectivity index (χ4v) is 4.98. The van der Waals surface area contributed by atoms with Gasteiger partial charge in [-0.2, -0.15) is 9.78 Å². The van der Waals surface area contributed by atoms with Crippen molar-refractivity contribution in [3.05, 3.63) is 67.1 Å². The maximum atomic E-state index is 13.4. The molecule has 4 rings (SSSR count). The Kier molecular flexibility index (Phi) is 7.83. The average Bonchev–Trinajstić information content (AvgIpc) is 2.85. The second kappa shape index (κ2) is 10.8. The van der Waals surface area contributed by atoms with Gasteiger partial charge in [-0.1, -0.05) is 35.2 Å². The van der Waals surface area contributed by atoms with E-state index in [1.807, 2.05) is 24.3 Å². The SMILES string of the molecule is COC(=O)[C@@H](C)Oc1ccc(C=Nn2c(C3CCCCC3)nc3ccc(Br)cc3c2=O)cc1Br. The van der Waals surface area contributed by atoms with Gasteiger partial charge in [-0.3, -0.25) is 4.79 Å². The van der Waals surface area contributed by atoms with E-state index in [9.17, 15) is 9.59 Å². The molecule has 1 aromatic heterocycles. The van der Waals surface area contributed by atoms with Gasteiger partial charge in [-0.05, 0) is 77.7 Å². The lowest BCUT2D eigenvalue weighted by Crippen LogP contribution is -2.25. The fourth-order valence-electron chi connectivity index (χ4n) is 4.12. The summed E-state index contributed by atoms with van der Waals surface area (Å²) in [5.74, 6) is 0.964. The van der Waals surface area contributed by atoms with E-state index in [4.69, 9.17) is 14.5 Å². The Bertz CT molecular complexity index is 1300. The molecule has 0 N–H and O–H groups in total. The number of nitrogens with zero attached hydrogens (tertiary/aromatic N) is 3. The molecule has 1 fully saturated rings. The Balaban J connectivity index is 1.70. The molecule has 0 aliphatic heterocycles. The van der Waals surface area contributed by atoms with Crippen LogP contribution in [0.15, 0.2) is 55.2 Å². The largest absolute Gasteiger partial charge is 0.478 e. The molecule has 0 amide bonds. The number of rotatable bonds is 6. The number of methoxy groups -OCH3 is 1. The molecule has 1 saturated carbocycles. The standard InChI is InChI=1S/C25H25Br2N3O4/c1-15(25(32)33-2)34-22-11-8-16(12-20(22)27)14-28-30-23(17-6-4-3-5-7-17)29-21-10-9-18(26)13-19(21)24(30)31/h8-15,17H,3-7H2,1-2H3/t15-/m1/s1. The number of hydrogen-bond donors (Lipinski definition) is 0. The molecule has 0 radical (unpaired) electrons. The number of carbonyl (C=O) groups is 1. The van der Waals surface area contributed by atoms with Crippen LogP contribution < -0.4 is 10.3 Å². The molecule has 1 heterocycles. The van der Waals surface area contributed by atoms with Crippen molar-refractivity contribution in [2.75, 3.05) is 7.11 Å². The highest BCUT2D eigenvalue weighted by molar-refractivity contribution is 9.10. The lowest BCUT2D eigenvalue weighted by atomic mass is 9.88. The molecule has 9 heteroatoms. The van der Waals surface area contributed by atoms with Crippen LogP contribution in [-0.2, 0) is 9.53 Å². The van der Waals surface area contributed by atoms with Crippen molar-refractivity contribution in [3.8, 4) is 5.75 Å². The predicted molar refractivity (Wildman–Crippen MR) is 139 cm³/mol. The Morgan fingerprint density at radius 3 is 2.65 bits per heavy atom. The monoisotopic (exact) mass is 589 g/mol. The van der Waals surface area contributed by atoms with Gasteiger partial charge in [0.1, 0.15) is 11.6 Å². The Labute approximate surface area is 214 Å². The van der Waals surface area contributed by atoms with Gasteiger partial charge in [0.05, 0.1) is 28.7 Å². The highest BCUT2D eigenvalue weighted by Crippen LogP contribution is 2.32. The van der Waals surface area contributed by atoms with E-state index in [-0.39, 0.29) is 11.5 Å². The number of carbonyl (C=O) groups excluding carboxylic acids is 1. The minimum Gasteiger partial charge on any atom is -0.478 e. The number of esters is 1. The summed E-state index contributed by atoms with van der Waals surface area (Å²) >= 11 is 6.93. The predicted octanol–water partition coefficient (Wildman–Crippen LogP) is 5.79. The number of hydrogen-bond acceptors (Lipinski definition) is 6. The molecule has 1 aliphatic rings. The first-order valence-electron chi connectivity index (χ1n) is 11.2. The van der Waals surface area contributed by atoms with Crippen LogP contribution in [0, 0.1) is 0 Å². The van der Waals surface area contributed by atoms with Crippen LogP contribution in [0.4, 0.5) is 0 Å². The zero-order valence-corrected chi connectivity index (χ0v) is 22.1. The van der Waals surface area contributed by atoms with Crippen molar-refractivity contribution in [1.82, 2.24) is 9.66 Å². The first kappa shape index (κ1) is 24.6. The summed E-state index contributed by atoms with van der Waals surface area (Å²) in [5.41, 5.74) is 1.26. The zero-order valence-electron chi connectivity index (χ0n) is 19.0. The molecule has 0 saturated heterocycles. The van der Waals surface area contributed by atoms with Crippen LogP contribution in [0.2, 0.25) is 0 Å². The molecule has 0 unspecified atom stereocenters. The summed E-state index contributed by atoms with van der Waals surface area (Å²) in [6.45, 7) is 1.62. The Hall–Kier alpha value is -2.52. The molecule has 7 nitrogen and oxygen atoms in total. The highest BCUT2D eigenvalue weighted by Gasteiger charge is 2.22. The van der Waals surface area contributed by atoms with Gasteiger partial charge in [0.2, 0.25) is 0 Å². The van der Waals surface area contributed by atoms with Gasteiger partial charge in [0, 0.05) is 10.4 Å². The second-order valence-electron chi connectivity index (χ2n) is 8.30. The molecule has 178 valence electrons. The van der Waals surface area contributed by atoms with Gasteiger partial charge < -0.3 is 9.47 Å². The van der Waals surface area contributed by atoms with Crippen molar-refractivity contribution < 1.29 is 14.3 Å². The number of fused-ring (bicyclic) bond motifs is 1. The number of ether oxygens (including phenoxy) is 2. The first-order chi connectivity index (χ1) is 16.4. The maximum absolute atomic E-state index is 13.4. The van der Waals surface area contributed by atoms with E-state index in [1.54, 1.807) is 25.3 Å². The van der Waals surface area contributed by atoms with Crippen molar-refractivity contribution in [2.24, 2.45) is 5.10 Å². The molecule has 1 atom stereocenters. The summed E-state index contributed by atoms with van der Waals surface area (Å²) in [6.07, 6.45) is 6.36. The Morgan fingerprint density at radius 1 is 1.18 bits per heavy atom. The van der Waals surface area contributed by atoms with Crippen molar-refractivity contribution in [3.63, 3.8) is 0 Å². The topological polar surface area (TPSA) is 82.8 Å². The van der Waals surface area contributed by atoms with Gasteiger partial charge in [-0.25, -0.2) is 9.78 Å². The van der Waals surface area contributed by atoms with Crippen molar-refractivity contribution in [1.29, 1.82) is 0 Å². The molecular formula is C25H25Br2N3O4. The van der Waals surface area contributed by atoms with Crippen LogP contribution in [0.3, 0.4) is 0 Å². The quantitative estimate of drug-likeness (QED) is 0.268. The summed E-state index contributed by atoms with van der Waals surface area (Å²) < 4.78 is 13.3. The van der Waals surface area contributed by atoms with E-state index in [2.05, 4.69) is 37.0 Å². The number of aromatic nitrogens is 2. The average molecular weight is 591 g/mol. The lowest BCUT2D eigenvalue weighted by molar-refractivity contribution is -0.147. The van der Waals surface area contributed by atoms with Crippen LogP contribution >= 0.6 is 31.9 Å². The first-order valence-corrected chi connectivity index (χ1v) is 12.8. The van der Waals surface area contributed by atoms with Crippen molar-refractivity contribution in [2.45, 2.75) is 51.0 Å². The van der Waals surface area contributed by atoms with E-state index < -0.39 is 12.1 Å². The maximum Gasteiger partial charge on any atom is 0.346 e. The third-order valence-electron chi connectivity index (χ3n) is 5.92. The fraction of sp³-hybridized carbons (Fsp3) is 0.360.